The first-order chi connectivity index (χ1) is 10.2. The first-order valence-electron chi connectivity index (χ1n) is 6.47. The third-order valence-corrected chi connectivity index (χ3v) is 2.75. The molecule has 2 rings (SSSR count). The van der Waals surface area contributed by atoms with E-state index in [1.54, 1.807) is 7.11 Å². The molecule has 0 bridgehead atoms. The van der Waals surface area contributed by atoms with E-state index < -0.39 is 18.2 Å². The second-order valence-electron chi connectivity index (χ2n) is 4.29. The van der Waals surface area contributed by atoms with Crippen molar-refractivity contribution in [3.05, 3.63) is 22.7 Å². The topological polar surface area (TPSA) is 107 Å². The summed E-state index contributed by atoms with van der Waals surface area (Å²) in [4.78, 5) is 15.3. The molecule has 9 heteroatoms. The minimum atomic E-state index is -0.550. The van der Waals surface area contributed by atoms with Crippen molar-refractivity contribution in [3.8, 4) is 0 Å². The second kappa shape index (κ2) is 8.05. The van der Waals surface area contributed by atoms with Crippen molar-refractivity contribution in [1.29, 1.82) is 0 Å². The second-order valence-corrected chi connectivity index (χ2v) is 4.29. The van der Waals surface area contributed by atoms with Gasteiger partial charge in [-0.2, -0.15) is 4.98 Å². The van der Waals surface area contributed by atoms with Crippen molar-refractivity contribution in [2.45, 2.75) is 12.5 Å². The van der Waals surface area contributed by atoms with Crippen molar-refractivity contribution >= 4 is 5.82 Å². The number of methoxy groups -OCH3 is 1. The van der Waals surface area contributed by atoms with Gasteiger partial charge in [-0.1, -0.05) is 0 Å². The summed E-state index contributed by atoms with van der Waals surface area (Å²) >= 11 is 0. The monoisotopic (exact) mass is 301 g/mol. The summed E-state index contributed by atoms with van der Waals surface area (Å²) < 4.78 is 27.5. The molecular weight excluding hydrogens is 282 g/mol. The standard InChI is InChI=1S/C12H19N3O6/c1-17-4-5-18-8-19-7-11-20-6-10(21-11)15-3-2-9(13)14-12(15)16/h2-3,10-11H,4-8H2,1H3,(H2,13,14,16)/t10-,11-/m0/s1. The molecule has 0 aromatic carbocycles. The van der Waals surface area contributed by atoms with Crippen LogP contribution in [-0.4, -0.2) is 56.2 Å². The van der Waals surface area contributed by atoms with Gasteiger partial charge in [-0.25, -0.2) is 4.79 Å². The molecule has 0 aliphatic carbocycles. The number of ether oxygens (including phenoxy) is 5. The zero-order valence-corrected chi connectivity index (χ0v) is 11.8. The summed E-state index contributed by atoms with van der Waals surface area (Å²) in [7, 11) is 1.60. The van der Waals surface area contributed by atoms with Gasteiger partial charge in [0.05, 0.1) is 19.8 Å². The van der Waals surface area contributed by atoms with Gasteiger partial charge in [0, 0.05) is 13.3 Å². The molecule has 0 spiro atoms. The number of hydrogen-bond acceptors (Lipinski definition) is 8. The molecule has 0 unspecified atom stereocenters. The quantitative estimate of drug-likeness (QED) is 0.498. The maximum atomic E-state index is 11.7. The summed E-state index contributed by atoms with van der Waals surface area (Å²) in [5, 5.41) is 0. The lowest BCUT2D eigenvalue weighted by Crippen LogP contribution is -2.28. The van der Waals surface area contributed by atoms with Crippen LogP contribution < -0.4 is 11.4 Å². The number of rotatable bonds is 8. The first-order valence-corrected chi connectivity index (χ1v) is 6.47. The third kappa shape index (κ3) is 4.76. The van der Waals surface area contributed by atoms with E-state index in [2.05, 4.69) is 4.98 Å². The number of nitrogen functional groups attached to an aromatic ring is 1. The Balaban J connectivity index is 1.72. The molecule has 0 amide bonds. The summed E-state index contributed by atoms with van der Waals surface area (Å²) in [5.74, 6) is 0.170. The molecule has 1 aliphatic heterocycles. The molecular formula is C12H19N3O6. The van der Waals surface area contributed by atoms with Gasteiger partial charge in [0.15, 0.2) is 12.5 Å². The van der Waals surface area contributed by atoms with Crippen molar-refractivity contribution in [2.75, 3.05) is 46.1 Å². The van der Waals surface area contributed by atoms with Gasteiger partial charge in [-0.15, -0.1) is 0 Å². The molecule has 1 aliphatic rings. The van der Waals surface area contributed by atoms with Crippen molar-refractivity contribution in [2.24, 2.45) is 0 Å². The van der Waals surface area contributed by atoms with Gasteiger partial charge in [0.1, 0.15) is 19.2 Å². The van der Waals surface area contributed by atoms with E-state index in [0.29, 0.717) is 13.2 Å². The van der Waals surface area contributed by atoms with Crippen LogP contribution in [0, 0.1) is 0 Å². The summed E-state index contributed by atoms with van der Waals surface area (Å²) in [6, 6.07) is 1.53. The first kappa shape index (κ1) is 15.9. The Labute approximate surface area is 121 Å². The zero-order valence-electron chi connectivity index (χ0n) is 11.8. The van der Waals surface area contributed by atoms with E-state index in [-0.39, 0.29) is 25.8 Å². The number of nitrogens with two attached hydrogens (primary N) is 1. The highest BCUT2D eigenvalue weighted by Gasteiger charge is 2.28. The molecule has 0 radical (unpaired) electrons. The highest BCUT2D eigenvalue weighted by Crippen LogP contribution is 2.19. The summed E-state index contributed by atoms with van der Waals surface area (Å²) in [5.41, 5.74) is 4.95. The molecule has 1 aromatic heterocycles. The highest BCUT2D eigenvalue weighted by atomic mass is 16.8. The molecule has 2 atom stereocenters. The van der Waals surface area contributed by atoms with E-state index in [0.717, 1.165) is 0 Å². The molecule has 1 saturated heterocycles. The van der Waals surface area contributed by atoms with Gasteiger partial charge in [-0.05, 0) is 6.07 Å². The minimum absolute atomic E-state index is 0.126. The Hall–Kier alpha value is -1.52. The van der Waals surface area contributed by atoms with Gasteiger partial charge in [0.2, 0.25) is 0 Å². The summed E-state index contributed by atoms with van der Waals surface area (Å²) in [6.45, 7) is 1.54. The SMILES string of the molecule is COCCOCOC[C@H]1OC[C@@H](n2ccc(N)nc2=O)O1. The van der Waals surface area contributed by atoms with Gasteiger partial charge < -0.3 is 29.4 Å². The van der Waals surface area contributed by atoms with Crippen LogP contribution >= 0.6 is 0 Å². The van der Waals surface area contributed by atoms with E-state index in [4.69, 9.17) is 29.4 Å². The largest absolute Gasteiger partial charge is 0.383 e. The van der Waals surface area contributed by atoms with Crippen LogP contribution in [-0.2, 0) is 23.7 Å². The Morgan fingerprint density at radius 2 is 2.33 bits per heavy atom. The Morgan fingerprint density at radius 3 is 3.10 bits per heavy atom. The van der Waals surface area contributed by atoms with Crippen molar-refractivity contribution < 1.29 is 23.7 Å². The fourth-order valence-corrected chi connectivity index (χ4v) is 1.73. The normalized spacial score (nSPS) is 21.8. The average molecular weight is 301 g/mol. The lowest BCUT2D eigenvalue weighted by molar-refractivity contribution is -0.149. The molecule has 1 aromatic rings. The van der Waals surface area contributed by atoms with Crippen LogP contribution in [0.25, 0.3) is 0 Å². The molecule has 2 N–H and O–H groups in total. The molecule has 0 saturated carbocycles. The Bertz CT molecular complexity index is 494. The van der Waals surface area contributed by atoms with E-state index in [9.17, 15) is 4.79 Å². The Kier molecular flexibility index (Phi) is 6.08. The molecule has 21 heavy (non-hydrogen) atoms. The molecule has 1 fully saturated rings. The summed E-state index contributed by atoms with van der Waals surface area (Å²) in [6.07, 6.45) is 0.439. The molecule has 9 nitrogen and oxygen atoms in total. The molecule has 2 heterocycles. The van der Waals surface area contributed by atoms with E-state index >= 15 is 0 Å². The maximum Gasteiger partial charge on any atom is 0.351 e. The minimum Gasteiger partial charge on any atom is -0.383 e. The van der Waals surface area contributed by atoms with Gasteiger partial charge in [-0.3, -0.25) is 4.57 Å². The fraction of sp³-hybridized carbons (Fsp3) is 0.667. The number of aromatic nitrogens is 2. The zero-order chi connectivity index (χ0) is 15.1. The number of hydrogen-bond donors (Lipinski definition) is 1. The average Bonchev–Trinajstić information content (AvgIpc) is 2.91. The van der Waals surface area contributed by atoms with Crippen LogP contribution in [0.3, 0.4) is 0 Å². The van der Waals surface area contributed by atoms with E-state index in [1.807, 2.05) is 0 Å². The predicted molar refractivity (Wildman–Crippen MR) is 71.4 cm³/mol. The predicted octanol–water partition coefficient (Wildman–Crippen LogP) is -0.666. The molecule has 118 valence electrons. The van der Waals surface area contributed by atoms with Gasteiger partial charge in [0.25, 0.3) is 0 Å². The lowest BCUT2D eigenvalue weighted by Gasteiger charge is -2.13. The number of anilines is 1. The van der Waals surface area contributed by atoms with Crippen LogP contribution in [0.4, 0.5) is 5.82 Å². The fourth-order valence-electron chi connectivity index (χ4n) is 1.73. The van der Waals surface area contributed by atoms with Crippen LogP contribution in [0.2, 0.25) is 0 Å². The number of nitrogens with zero attached hydrogens (tertiary/aromatic N) is 2. The Morgan fingerprint density at radius 1 is 1.48 bits per heavy atom. The van der Waals surface area contributed by atoms with Crippen molar-refractivity contribution in [1.82, 2.24) is 9.55 Å². The van der Waals surface area contributed by atoms with Gasteiger partial charge >= 0.3 is 5.69 Å². The maximum absolute atomic E-state index is 11.7. The third-order valence-electron chi connectivity index (χ3n) is 2.75. The van der Waals surface area contributed by atoms with E-state index in [1.165, 1.54) is 16.8 Å². The highest BCUT2D eigenvalue weighted by molar-refractivity contribution is 5.23. The lowest BCUT2D eigenvalue weighted by atomic mass is 10.5. The van der Waals surface area contributed by atoms with Crippen LogP contribution in [0.1, 0.15) is 6.23 Å². The van der Waals surface area contributed by atoms with Crippen LogP contribution in [0.5, 0.6) is 0 Å². The van der Waals surface area contributed by atoms with Crippen molar-refractivity contribution in [3.63, 3.8) is 0 Å². The smallest absolute Gasteiger partial charge is 0.351 e. The van der Waals surface area contributed by atoms with Crippen LogP contribution in [0.15, 0.2) is 17.1 Å².